The first-order chi connectivity index (χ1) is 10.2. The lowest BCUT2D eigenvalue weighted by molar-refractivity contribution is -0.146. The van der Waals surface area contributed by atoms with Crippen LogP contribution in [-0.2, 0) is 4.79 Å². The molecule has 1 aromatic carbocycles. The lowest BCUT2D eigenvalue weighted by Gasteiger charge is -2.41. The van der Waals surface area contributed by atoms with Crippen LogP contribution in [0.3, 0.4) is 0 Å². The van der Waals surface area contributed by atoms with E-state index < -0.39 is 6.10 Å². The number of hydrogen-bond acceptors (Lipinski definition) is 4. The van der Waals surface area contributed by atoms with Crippen LogP contribution in [0.2, 0.25) is 0 Å². The van der Waals surface area contributed by atoms with Crippen molar-refractivity contribution in [3.05, 3.63) is 24.3 Å². The van der Waals surface area contributed by atoms with Crippen LogP contribution >= 0.6 is 12.4 Å². The normalized spacial score (nSPS) is 27.0. The molecule has 5 nitrogen and oxygen atoms in total. The Labute approximate surface area is 137 Å². The van der Waals surface area contributed by atoms with E-state index in [1.165, 1.54) is 0 Å². The SMILES string of the molecule is CC1CCCN(C(=O)C2COc3ccccc3O2)C1CN.Cl. The van der Waals surface area contributed by atoms with E-state index in [2.05, 4.69) is 6.92 Å². The topological polar surface area (TPSA) is 64.8 Å². The van der Waals surface area contributed by atoms with E-state index in [-0.39, 0.29) is 31.0 Å². The average molecular weight is 327 g/mol. The van der Waals surface area contributed by atoms with Crippen LogP contribution in [0.1, 0.15) is 19.8 Å². The van der Waals surface area contributed by atoms with Crippen LogP contribution in [0.4, 0.5) is 0 Å². The van der Waals surface area contributed by atoms with Gasteiger partial charge in [-0.1, -0.05) is 19.1 Å². The monoisotopic (exact) mass is 326 g/mol. The van der Waals surface area contributed by atoms with Crippen molar-refractivity contribution in [3.8, 4) is 11.5 Å². The van der Waals surface area contributed by atoms with Crippen molar-refractivity contribution >= 4 is 18.3 Å². The average Bonchev–Trinajstić information content (AvgIpc) is 2.53. The number of halogens is 1. The summed E-state index contributed by atoms with van der Waals surface area (Å²) in [6, 6.07) is 7.55. The van der Waals surface area contributed by atoms with Crippen LogP contribution in [0.25, 0.3) is 0 Å². The van der Waals surface area contributed by atoms with Gasteiger partial charge in [0.15, 0.2) is 11.5 Å². The molecule has 2 aliphatic rings. The smallest absolute Gasteiger partial charge is 0.267 e. The molecule has 0 bridgehead atoms. The number of para-hydroxylation sites is 2. The Morgan fingerprint density at radius 3 is 2.82 bits per heavy atom. The molecule has 0 saturated carbocycles. The van der Waals surface area contributed by atoms with Crippen molar-refractivity contribution in [2.45, 2.75) is 31.9 Å². The van der Waals surface area contributed by atoms with Crippen molar-refractivity contribution in [2.75, 3.05) is 19.7 Å². The minimum atomic E-state index is -0.570. The van der Waals surface area contributed by atoms with Gasteiger partial charge in [-0.2, -0.15) is 0 Å². The lowest BCUT2D eigenvalue weighted by atomic mass is 9.90. The second-order valence-electron chi connectivity index (χ2n) is 5.82. The van der Waals surface area contributed by atoms with Crippen LogP contribution in [0, 0.1) is 5.92 Å². The van der Waals surface area contributed by atoms with Gasteiger partial charge in [0.25, 0.3) is 5.91 Å². The summed E-state index contributed by atoms with van der Waals surface area (Å²) in [6.07, 6.45) is 1.57. The third-order valence-electron chi connectivity index (χ3n) is 4.42. The molecule has 3 rings (SSSR count). The molecule has 122 valence electrons. The zero-order valence-corrected chi connectivity index (χ0v) is 13.6. The number of carbonyl (C=O) groups is 1. The molecule has 0 spiro atoms. The Hall–Kier alpha value is -1.46. The molecule has 6 heteroatoms. The lowest BCUT2D eigenvalue weighted by Crippen LogP contribution is -2.56. The van der Waals surface area contributed by atoms with E-state index in [0.717, 1.165) is 19.4 Å². The number of nitrogens with zero attached hydrogens (tertiary/aromatic N) is 1. The van der Waals surface area contributed by atoms with Crippen molar-refractivity contribution < 1.29 is 14.3 Å². The van der Waals surface area contributed by atoms with Gasteiger partial charge in [0.05, 0.1) is 0 Å². The number of carbonyl (C=O) groups excluding carboxylic acids is 1. The second kappa shape index (κ2) is 7.20. The fraction of sp³-hybridized carbons (Fsp3) is 0.562. The molecule has 1 fully saturated rings. The number of hydrogen-bond donors (Lipinski definition) is 1. The molecule has 3 atom stereocenters. The Morgan fingerprint density at radius 1 is 1.36 bits per heavy atom. The van der Waals surface area contributed by atoms with Crippen molar-refractivity contribution in [2.24, 2.45) is 11.7 Å². The first-order valence-electron chi connectivity index (χ1n) is 7.59. The van der Waals surface area contributed by atoms with Crippen molar-refractivity contribution in [3.63, 3.8) is 0 Å². The Bertz CT molecular complexity index is 526. The number of amides is 1. The minimum absolute atomic E-state index is 0. The summed E-state index contributed by atoms with van der Waals surface area (Å²) in [6.45, 7) is 3.67. The van der Waals surface area contributed by atoms with Gasteiger partial charge in [-0.05, 0) is 30.9 Å². The van der Waals surface area contributed by atoms with Crippen LogP contribution in [-0.4, -0.2) is 42.6 Å². The fourth-order valence-electron chi connectivity index (χ4n) is 3.21. The number of ether oxygens (including phenoxy) is 2. The number of piperidine rings is 1. The van der Waals surface area contributed by atoms with Gasteiger partial charge in [0.2, 0.25) is 6.10 Å². The molecule has 2 N–H and O–H groups in total. The second-order valence-corrected chi connectivity index (χ2v) is 5.82. The summed E-state index contributed by atoms with van der Waals surface area (Å²) in [7, 11) is 0. The quantitative estimate of drug-likeness (QED) is 0.900. The van der Waals surface area contributed by atoms with Crippen LogP contribution in [0.5, 0.6) is 11.5 Å². The maximum absolute atomic E-state index is 12.7. The van der Waals surface area contributed by atoms with Crippen LogP contribution < -0.4 is 15.2 Å². The summed E-state index contributed by atoms with van der Waals surface area (Å²) in [5.41, 5.74) is 5.86. The molecule has 2 heterocycles. The molecule has 0 radical (unpaired) electrons. The van der Waals surface area contributed by atoms with E-state index in [4.69, 9.17) is 15.2 Å². The number of fused-ring (bicyclic) bond motifs is 1. The van der Waals surface area contributed by atoms with Crippen molar-refractivity contribution in [1.82, 2.24) is 4.90 Å². The van der Waals surface area contributed by atoms with E-state index in [0.29, 0.717) is 24.0 Å². The third-order valence-corrected chi connectivity index (χ3v) is 4.42. The van der Waals surface area contributed by atoms with Crippen molar-refractivity contribution in [1.29, 1.82) is 0 Å². The van der Waals surface area contributed by atoms with Gasteiger partial charge < -0.3 is 20.1 Å². The van der Waals surface area contributed by atoms with E-state index >= 15 is 0 Å². The van der Waals surface area contributed by atoms with E-state index in [1.54, 1.807) is 0 Å². The van der Waals surface area contributed by atoms with Gasteiger partial charge in [-0.3, -0.25) is 4.79 Å². The number of nitrogens with two attached hydrogens (primary N) is 1. The summed E-state index contributed by atoms with van der Waals surface area (Å²) in [4.78, 5) is 14.6. The highest BCUT2D eigenvalue weighted by atomic mass is 35.5. The summed E-state index contributed by atoms with van der Waals surface area (Å²) in [5, 5.41) is 0. The molecular weight excluding hydrogens is 304 g/mol. The summed E-state index contributed by atoms with van der Waals surface area (Å²) >= 11 is 0. The van der Waals surface area contributed by atoms with E-state index in [1.807, 2.05) is 29.2 Å². The molecule has 3 unspecified atom stereocenters. The van der Waals surface area contributed by atoms with Gasteiger partial charge in [0, 0.05) is 19.1 Å². The number of benzene rings is 1. The highest BCUT2D eigenvalue weighted by molar-refractivity contribution is 5.85. The molecule has 1 amide bonds. The molecule has 0 aromatic heterocycles. The molecule has 1 saturated heterocycles. The zero-order chi connectivity index (χ0) is 14.8. The summed E-state index contributed by atoms with van der Waals surface area (Å²) in [5.74, 6) is 1.76. The van der Waals surface area contributed by atoms with Gasteiger partial charge in [-0.15, -0.1) is 12.4 Å². The Balaban J connectivity index is 0.00000176. The maximum Gasteiger partial charge on any atom is 0.267 e. The molecule has 22 heavy (non-hydrogen) atoms. The number of likely N-dealkylation sites (tertiary alicyclic amines) is 1. The summed E-state index contributed by atoms with van der Waals surface area (Å²) < 4.78 is 11.5. The standard InChI is InChI=1S/C16H22N2O3.ClH/c1-11-5-4-8-18(12(11)9-17)16(19)15-10-20-13-6-2-3-7-14(13)21-15;/h2-3,6-7,11-12,15H,4-5,8-10,17H2,1H3;1H. The van der Waals surface area contributed by atoms with Gasteiger partial charge in [0.1, 0.15) is 6.61 Å². The minimum Gasteiger partial charge on any atom is -0.485 e. The fourth-order valence-corrected chi connectivity index (χ4v) is 3.21. The zero-order valence-electron chi connectivity index (χ0n) is 12.7. The van der Waals surface area contributed by atoms with E-state index in [9.17, 15) is 4.79 Å². The first kappa shape index (κ1) is 16.9. The highest BCUT2D eigenvalue weighted by Gasteiger charge is 2.37. The Morgan fingerprint density at radius 2 is 2.09 bits per heavy atom. The third kappa shape index (κ3) is 3.15. The maximum atomic E-state index is 12.7. The molecule has 1 aromatic rings. The molecule has 2 aliphatic heterocycles. The molecular formula is C16H23ClN2O3. The number of rotatable bonds is 2. The largest absolute Gasteiger partial charge is 0.485 e. The van der Waals surface area contributed by atoms with Gasteiger partial charge in [-0.25, -0.2) is 0 Å². The predicted molar refractivity (Wildman–Crippen MR) is 86.6 cm³/mol. The van der Waals surface area contributed by atoms with Crippen LogP contribution in [0.15, 0.2) is 24.3 Å². The highest BCUT2D eigenvalue weighted by Crippen LogP contribution is 2.32. The molecule has 0 aliphatic carbocycles. The predicted octanol–water partition coefficient (Wildman–Crippen LogP) is 1.83. The first-order valence-corrected chi connectivity index (χ1v) is 7.59. The Kier molecular flexibility index (Phi) is 5.53. The van der Waals surface area contributed by atoms with Gasteiger partial charge >= 0.3 is 0 Å².